The molecule has 1 aliphatic heterocycles. The Bertz CT molecular complexity index is 364. The van der Waals surface area contributed by atoms with Gasteiger partial charge in [0, 0.05) is 0 Å². The van der Waals surface area contributed by atoms with Crippen molar-refractivity contribution in [3.63, 3.8) is 0 Å². The standard InChI is InChI=1S/C8H8ClN3O/c9-6-2-1-5(7(10)12-6)8-11-3-4-13-8/h1-2H,3-4H2,(H2,10,12). The first-order valence-electron chi connectivity index (χ1n) is 3.87. The van der Waals surface area contributed by atoms with Gasteiger partial charge in [-0.2, -0.15) is 0 Å². The van der Waals surface area contributed by atoms with Crippen molar-refractivity contribution >= 4 is 23.3 Å². The van der Waals surface area contributed by atoms with Crippen molar-refractivity contribution < 1.29 is 4.74 Å². The quantitative estimate of drug-likeness (QED) is 0.686. The van der Waals surface area contributed by atoms with Crippen LogP contribution >= 0.6 is 11.6 Å². The summed E-state index contributed by atoms with van der Waals surface area (Å²) in [7, 11) is 0. The van der Waals surface area contributed by atoms with Crippen molar-refractivity contribution in [2.45, 2.75) is 0 Å². The van der Waals surface area contributed by atoms with Crippen LogP contribution in [0.3, 0.4) is 0 Å². The summed E-state index contributed by atoms with van der Waals surface area (Å²) in [5, 5.41) is 0.375. The number of aromatic nitrogens is 1. The Morgan fingerprint density at radius 1 is 1.46 bits per heavy atom. The summed E-state index contributed by atoms with van der Waals surface area (Å²) in [6.45, 7) is 1.29. The highest BCUT2D eigenvalue weighted by Crippen LogP contribution is 2.16. The monoisotopic (exact) mass is 197 g/mol. The summed E-state index contributed by atoms with van der Waals surface area (Å²) in [4.78, 5) is 8.03. The van der Waals surface area contributed by atoms with E-state index in [0.717, 1.165) is 0 Å². The molecular formula is C8H8ClN3O. The fraction of sp³-hybridized carbons (Fsp3) is 0.250. The van der Waals surface area contributed by atoms with Crippen LogP contribution in [0.5, 0.6) is 0 Å². The number of rotatable bonds is 1. The minimum Gasteiger partial charge on any atom is -0.475 e. The van der Waals surface area contributed by atoms with Crippen molar-refractivity contribution in [1.29, 1.82) is 0 Å². The Labute approximate surface area is 80.4 Å². The Balaban J connectivity index is 2.40. The summed E-state index contributed by atoms with van der Waals surface area (Å²) in [5.41, 5.74) is 6.35. The number of pyridine rings is 1. The molecule has 13 heavy (non-hydrogen) atoms. The van der Waals surface area contributed by atoms with Crippen LogP contribution in [0.2, 0.25) is 5.15 Å². The summed E-state index contributed by atoms with van der Waals surface area (Å²) in [6, 6.07) is 3.42. The SMILES string of the molecule is Nc1nc(Cl)ccc1C1=NCCO1. The molecule has 0 fully saturated rings. The van der Waals surface area contributed by atoms with Gasteiger partial charge in [-0.3, -0.25) is 0 Å². The van der Waals surface area contributed by atoms with Gasteiger partial charge in [-0.25, -0.2) is 9.98 Å². The van der Waals surface area contributed by atoms with Crippen LogP contribution in [-0.4, -0.2) is 24.0 Å². The van der Waals surface area contributed by atoms with Crippen LogP contribution < -0.4 is 5.73 Å². The molecule has 2 N–H and O–H groups in total. The molecule has 4 nitrogen and oxygen atoms in total. The number of aliphatic imine (C=N–C) groups is 1. The smallest absolute Gasteiger partial charge is 0.220 e. The predicted octanol–water partition coefficient (Wildman–Crippen LogP) is 1.09. The third kappa shape index (κ3) is 1.58. The Morgan fingerprint density at radius 3 is 2.92 bits per heavy atom. The summed E-state index contributed by atoms with van der Waals surface area (Å²) < 4.78 is 5.25. The number of nitrogens with two attached hydrogens (primary N) is 1. The van der Waals surface area contributed by atoms with Gasteiger partial charge >= 0.3 is 0 Å². The minimum absolute atomic E-state index is 0.355. The lowest BCUT2D eigenvalue weighted by Gasteiger charge is -2.03. The molecule has 0 unspecified atom stereocenters. The van der Waals surface area contributed by atoms with E-state index in [2.05, 4.69) is 9.98 Å². The lowest BCUT2D eigenvalue weighted by molar-refractivity contribution is 0.348. The van der Waals surface area contributed by atoms with Gasteiger partial charge in [0.25, 0.3) is 0 Å². The molecule has 0 saturated heterocycles. The van der Waals surface area contributed by atoms with E-state index in [1.54, 1.807) is 12.1 Å². The molecule has 1 aliphatic rings. The second kappa shape index (κ2) is 3.22. The number of halogens is 1. The summed E-state index contributed by atoms with van der Waals surface area (Å²) in [6.07, 6.45) is 0. The van der Waals surface area contributed by atoms with Gasteiger partial charge in [0.15, 0.2) is 0 Å². The first-order valence-corrected chi connectivity index (χ1v) is 4.25. The molecule has 0 aliphatic carbocycles. The Morgan fingerprint density at radius 2 is 2.31 bits per heavy atom. The van der Waals surface area contributed by atoms with E-state index in [9.17, 15) is 0 Å². The Hall–Kier alpha value is -1.29. The van der Waals surface area contributed by atoms with Crippen LogP contribution in [0.25, 0.3) is 0 Å². The molecule has 2 heterocycles. The molecule has 0 amide bonds. The predicted molar refractivity (Wildman–Crippen MR) is 51.0 cm³/mol. The average molecular weight is 198 g/mol. The van der Waals surface area contributed by atoms with Crippen LogP contribution in [0.4, 0.5) is 5.82 Å². The molecule has 0 saturated carbocycles. The molecule has 0 atom stereocenters. The van der Waals surface area contributed by atoms with Gasteiger partial charge in [-0.1, -0.05) is 11.6 Å². The van der Waals surface area contributed by atoms with Gasteiger partial charge in [-0.05, 0) is 12.1 Å². The number of nitrogen functional groups attached to an aromatic ring is 1. The number of anilines is 1. The Kier molecular flexibility index (Phi) is 2.06. The van der Waals surface area contributed by atoms with E-state index in [-0.39, 0.29) is 0 Å². The number of hydrogen-bond donors (Lipinski definition) is 1. The molecule has 0 aromatic carbocycles. The first-order chi connectivity index (χ1) is 6.27. The maximum Gasteiger partial charge on any atom is 0.220 e. The molecule has 0 spiro atoms. The molecule has 1 aromatic heterocycles. The van der Waals surface area contributed by atoms with Gasteiger partial charge in [-0.15, -0.1) is 0 Å². The number of ether oxygens (including phenoxy) is 1. The zero-order valence-corrected chi connectivity index (χ0v) is 7.58. The topological polar surface area (TPSA) is 60.5 Å². The minimum atomic E-state index is 0.355. The van der Waals surface area contributed by atoms with Crippen molar-refractivity contribution in [2.75, 3.05) is 18.9 Å². The lowest BCUT2D eigenvalue weighted by atomic mass is 10.2. The molecule has 1 aromatic rings. The number of hydrogen-bond acceptors (Lipinski definition) is 4. The van der Waals surface area contributed by atoms with Gasteiger partial charge in [0.2, 0.25) is 5.90 Å². The van der Waals surface area contributed by atoms with Crippen molar-refractivity contribution in [3.05, 3.63) is 22.8 Å². The zero-order chi connectivity index (χ0) is 9.26. The molecule has 0 radical (unpaired) electrons. The lowest BCUT2D eigenvalue weighted by Crippen LogP contribution is -2.06. The summed E-state index contributed by atoms with van der Waals surface area (Å²) in [5.74, 6) is 0.912. The highest BCUT2D eigenvalue weighted by atomic mass is 35.5. The second-order valence-corrected chi connectivity index (χ2v) is 2.99. The van der Waals surface area contributed by atoms with Crippen LogP contribution in [-0.2, 0) is 4.74 Å². The van der Waals surface area contributed by atoms with Crippen LogP contribution in [0.15, 0.2) is 17.1 Å². The van der Waals surface area contributed by atoms with Gasteiger partial charge < -0.3 is 10.5 Å². The molecule has 2 rings (SSSR count). The van der Waals surface area contributed by atoms with Gasteiger partial charge in [0.1, 0.15) is 17.6 Å². The third-order valence-electron chi connectivity index (χ3n) is 1.71. The number of nitrogens with zero attached hydrogens (tertiary/aromatic N) is 2. The fourth-order valence-electron chi connectivity index (χ4n) is 1.13. The van der Waals surface area contributed by atoms with E-state index >= 15 is 0 Å². The van der Waals surface area contributed by atoms with Crippen LogP contribution in [0, 0.1) is 0 Å². The van der Waals surface area contributed by atoms with Gasteiger partial charge in [0.05, 0.1) is 12.1 Å². The molecule has 5 heteroatoms. The fourth-order valence-corrected chi connectivity index (χ4v) is 1.28. The van der Waals surface area contributed by atoms with E-state index < -0.39 is 0 Å². The second-order valence-electron chi connectivity index (χ2n) is 2.60. The maximum absolute atomic E-state index is 5.65. The average Bonchev–Trinajstić information content (AvgIpc) is 2.56. The highest BCUT2D eigenvalue weighted by Gasteiger charge is 2.13. The van der Waals surface area contributed by atoms with Crippen molar-refractivity contribution in [1.82, 2.24) is 4.98 Å². The van der Waals surface area contributed by atoms with Crippen molar-refractivity contribution in [2.24, 2.45) is 4.99 Å². The highest BCUT2D eigenvalue weighted by molar-refractivity contribution is 6.29. The van der Waals surface area contributed by atoms with E-state index in [1.165, 1.54) is 0 Å². The van der Waals surface area contributed by atoms with E-state index in [0.29, 0.717) is 35.6 Å². The largest absolute Gasteiger partial charge is 0.475 e. The normalized spacial score (nSPS) is 15.3. The molecule has 0 bridgehead atoms. The zero-order valence-electron chi connectivity index (χ0n) is 6.83. The van der Waals surface area contributed by atoms with E-state index in [4.69, 9.17) is 22.1 Å². The molecule has 68 valence electrons. The van der Waals surface area contributed by atoms with Crippen LogP contribution in [0.1, 0.15) is 5.56 Å². The maximum atomic E-state index is 5.65. The molecular weight excluding hydrogens is 190 g/mol. The first kappa shape index (κ1) is 8.31. The third-order valence-corrected chi connectivity index (χ3v) is 1.92. The summed E-state index contributed by atoms with van der Waals surface area (Å²) >= 11 is 5.65. The van der Waals surface area contributed by atoms with Crippen molar-refractivity contribution in [3.8, 4) is 0 Å². The van der Waals surface area contributed by atoms with E-state index in [1.807, 2.05) is 0 Å².